The second-order valence-corrected chi connectivity index (χ2v) is 7.42. The topological polar surface area (TPSA) is 42.4 Å². The van der Waals surface area contributed by atoms with E-state index in [9.17, 15) is 4.79 Å². The third kappa shape index (κ3) is 3.70. The summed E-state index contributed by atoms with van der Waals surface area (Å²) in [4.78, 5) is 18.7. The summed E-state index contributed by atoms with van der Waals surface area (Å²) in [5, 5.41) is 0.921. The first kappa shape index (κ1) is 17.9. The van der Waals surface area contributed by atoms with Crippen LogP contribution in [-0.4, -0.2) is 29.9 Å². The van der Waals surface area contributed by atoms with Crippen molar-refractivity contribution in [3.05, 3.63) is 69.2 Å². The van der Waals surface area contributed by atoms with Crippen molar-refractivity contribution in [2.75, 3.05) is 14.1 Å². The molecule has 1 atom stereocenters. The third-order valence-electron chi connectivity index (χ3n) is 3.75. The predicted molar refractivity (Wildman–Crippen MR) is 106 cm³/mol. The van der Waals surface area contributed by atoms with Crippen LogP contribution in [0.25, 0.3) is 10.9 Å². The minimum atomic E-state index is -0.751. The largest absolute Gasteiger partial charge is 0.472 e. The number of aromatic nitrogens is 1. The number of amides is 1. The summed E-state index contributed by atoms with van der Waals surface area (Å²) >= 11 is 7.08. The molecule has 0 spiro atoms. The van der Waals surface area contributed by atoms with Crippen molar-refractivity contribution in [1.82, 2.24) is 9.88 Å². The molecule has 25 heavy (non-hydrogen) atoms. The van der Waals surface area contributed by atoms with Gasteiger partial charge in [0, 0.05) is 35.7 Å². The van der Waals surface area contributed by atoms with Crippen LogP contribution in [0.5, 0.6) is 5.75 Å². The smallest absolute Gasteiger partial charge is 0.267 e. The van der Waals surface area contributed by atoms with Crippen LogP contribution in [0.2, 0.25) is 0 Å². The summed E-state index contributed by atoms with van der Waals surface area (Å²) in [5.74, 6) is 0.410. The van der Waals surface area contributed by atoms with Crippen molar-refractivity contribution in [3.8, 4) is 5.75 Å². The second-order valence-electron chi connectivity index (χ2n) is 5.71. The van der Waals surface area contributed by atoms with Crippen molar-refractivity contribution in [3.63, 3.8) is 0 Å². The number of rotatable bonds is 4. The first-order valence-electron chi connectivity index (χ1n) is 7.64. The van der Waals surface area contributed by atoms with E-state index in [-0.39, 0.29) is 5.91 Å². The monoisotopic (exact) mass is 462 g/mol. The lowest BCUT2D eigenvalue weighted by Crippen LogP contribution is -2.31. The Labute approximate surface area is 163 Å². The van der Waals surface area contributed by atoms with Gasteiger partial charge in [-0.15, -0.1) is 0 Å². The van der Waals surface area contributed by atoms with Crippen LogP contribution >= 0.6 is 31.9 Å². The zero-order valence-electron chi connectivity index (χ0n) is 13.7. The number of pyridine rings is 1. The van der Waals surface area contributed by atoms with Crippen LogP contribution in [0.3, 0.4) is 0 Å². The summed E-state index contributed by atoms with van der Waals surface area (Å²) in [7, 11) is 3.43. The summed E-state index contributed by atoms with van der Waals surface area (Å²) in [6, 6.07) is 15.2. The Hall–Kier alpha value is -1.92. The SMILES string of the molecule is CN(C)C(=O)[C@@H](Oc1c(Br)cc(Br)c2cccnc12)c1ccccc1. The van der Waals surface area contributed by atoms with Crippen molar-refractivity contribution >= 4 is 48.7 Å². The Bertz CT molecular complexity index is 914. The number of ether oxygens (including phenoxy) is 1. The van der Waals surface area contributed by atoms with Crippen LogP contribution in [0.1, 0.15) is 11.7 Å². The fourth-order valence-corrected chi connectivity index (χ4v) is 3.87. The molecule has 0 saturated carbocycles. The van der Waals surface area contributed by atoms with E-state index >= 15 is 0 Å². The molecule has 0 aliphatic rings. The first-order chi connectivity index (χ1) is 12.0. The van der Waals surface area contributed by atoms with Crippen LogP contribution in [-0.2, 0) is 4.79 Å². The molecule has 0 fully saturated rings. The van der Waals surface area contributed by atoms with Gasteiger partial charge in [-0.3, -0.25) is 9.78 Å². The Morgan fingerprint density at radius 3 is 2.48 bits per heavy atom. The van der Waals surface area contributed by atoms with E-state index in [1.54, 1.807) is 20.3 Å². The second kappa shape index (κ2) is 7.54. The molecular weight excluding hydrogens is 448 g/mol. The zero-order valence-corrected chi connectivity index (χ0v) is 16.9. The lowest BCUT2D eigenvalue weighted by molar-refractivity contribution is -0.136. The molecule has 0 bridgehead atoms. The van der Waals surface area contributed by atoms with Crippen molar-refractivity contribution in [1.29, 1.82) is 0 Å². The van der Waals surface area contributed by atoms with Crippen LogP contribution in [0.4, 0.5) is 0 Å². The van der Waals surface area contributed by atoms with E-state index in [0.29, 0.717) is 11.3 Å². The molecule has 128 valence electrons. The first-order valence-corrected chi connectivity index (χ1v) is 9.23. The van der Waals surface area contributed by atoms with E-state index in [2.05, 4.69) is 36.8 Å². The van der Waals surface area contributed by atoms with Crippen LogP contribution in [0.15, 0.2) is 63.7 Å². The molecule has 3 aromatic rings. The highest BCUT2D eigenvalue weighted by Gasteiger charge is 2.26. The maximum Gasteiger partial charge on any atom is 0.267 e. The minimum Gasteiger partial charge on any atom is -0.472 e. The van der Waals surface area contributed by atoms with Crippen molar-refractivity contribution < 1.29 is 9.53 Å². The number of carbonyl (C=O) groups is 1. The van der Waals surface area contributed by atoms with Gasteiger partial charge in [-0.2, -0.15) is 0 Å². The molecule has 0 saturated heterocycles. The van der Waals surface area contributed by atoms with Gasteiger partial charge in [-0.25, -0.2) is 0 Å². The Kier molecular flexibility index (Phi) is 5.39. The lowest BCUT2D eigenvalue weighted by atomic mass is 10.1. The van der Waals surface area contributed by atoms with Gasteiger partial charge in [-0.1, -0.05) is 52.3 Å². The quantitative estimate of drug-likeness (QED) is 0.548. The van der Waals surface area contributed by atoms with Gasteiger partial charge >= 0.3 is 0 Å². The number of hydrogen-bond donors (Lipinski definition) is 0. The molecule has 4 nitrogen and oxygen atoms in total. The maximum absolute atomic E-state index is 12.7. The van der Waals surface area contributed by atoms with Gasteiger partial charge in [0.2, 0.25) is 6.10 Å². The van der Waals surface area contributed by atoms with E-state index in [1.165, 1.54) is 4.90 Å². The standard InChI is InChI=1S/C19H16Br2N2O2/c1-23(2)19(24)17(12-7-4-3-5-8-12)25-18-15(21)11-14(20)13-9-6-10-22-16(13)18/h3-11,17H,1-2H3/t17-/m0/s1. The van der Waals surface area contributed by atoms with Crippen molar-refractivity contribution in [2.24, 2.45) is 0 Å². The molecule has 2 aromatic carbocycles. The minimum absolute atomic E-state index is 0.134. The Morgan fingerprint density at radius 1 is 1.08 bits per heavy atom. The molecule has 0 unspecified atom stereocenters. The van der Waals surface area contributed by atoms with Gasteiger partial charge < -0.3 is 9.64 Å². The third-order valence-corrected chi connectivity index (χ3v) is 5.00. The normalized spacial score (nSPS) is 12.0. The number of carbonyl (C=O) groups excluding carboxylic acids is 1. The van der Waals surface area contributed by atoms with Gasteiger partial charge in [0.25, 0.3) is 5.91 Å². The number of halogens is 2. The van der Waals surface area contributed by atoms with Gasteiger partial charge in [-0.05, 0) is 28.1 Å². The van der Waals surface area contributed by atoms with Gasteiger partial charge in [0.05, 0.1) is 4.47 Å². The zero-order chi connectivity index (χ0) is 18.0. The van der Waals surface area contributed by atoms with Crippen molar-refractivity contribution in [2.45, 2.75) is 6.10 Å². The molecule has 1 heterocycles. The number of likely N-dealkylation sites (N-methyl/N-ethyl adjacent to an activating group) is 1. The molecule has 1 amide bonds. The molecule has 1 aromatic heterocycles. The highest BCUT2D eigenvalue weighted by molar-refractivity contribution is 9.11. The molecule has 0 aliphatic carbocycles. The average Bonchev–Trinajstić information content (AvgIpc) is 2.62. The molecule has 6 heteroatoms. The summed E-state index contributed by atoms with van der Waals surface area (Å²) in [6.07, 6.45) is 0.957. The summed E-state index contributed by atoms with van der Waals surface area (Å²) < 4.78 is 7.84. The molecule has 3 rings (SSSR count). The van der Waals surface area contributed by atoms with Gasteiger partial charge in [0.1, 0.15) is 5.52 Å². The average molecular weight is 464 g/mol. The number of fused-ring (bicyclic) bond motifs is 1. The van der Waals surface area contributed by atoms with Crippen LogP contribution < -0.4 is 4.74 Å². The molecule has 0 N–H and O–H groups in total. The van der Waals surface area contributed by atoms with E-state index in [4.69, 9.17) is 4.74 Å². The number of hydrogen-bond acceptors (Lipinski definition) is 3. The molecular formula is C19H16Br2N2O2. The predicted octanol–water partition coefficient (Wildman–Crippen LogP) is 4.97. The van der Waals surface area contributed by atoms with E-state index in [1.807, 2.05) is 48.5 Å². The highest BCUT2D eigenvalue weighted by Crippen LogP contribution is 2.39. The van der Waals surface area contributed by atoms with Gasteiger partial charge in [0.15, 0.2) is 5.75 Å². The Morgan fingerprint density at radius 2 is 1.80 bits per heavy atom. The number of nitrogens with zero attached hydrogens (tertiary/aromatic N) is 2. The highest BCUT2D eigenvalue weighted by atomic mass is 79.9. The summed E-state index contributed by atoms with van der Waals surface area (Å²) in [6.45, 7) is 0. The fourth-order valence-electron chi connectivity index (χ4n) is 2.50. The van der Waals surface area contributed by atoms with E-state index < -0.39 is 6.10 Å². The summed E-state index contributed by atoms with van der Waals surface area (Å²) in [5.41, 5.74) is 1.48. The number of benzene rings is 2. The Balaban J connectivity index is 2.12. The van der Waals surface area contributed by atoms with Crippen LogP contribution in [0, 0.1) is 0 Å². The molecule has 0 radical (unpaired) electrons. The maximum atomic E-state index is 12.7. The molecule has 0 aliphatic heterocycles. The lowest BCUT2D eigenvalue weighted by Gasteiger charge is -2.23. The van der Waals surface area contributed by atoms with E-state index in [0.717, 1.165) is 19.9 Å². The fraction of sp³-hybridized carbons (Fsp3) is 0.158.